The summed E-state index contributed by atoms with van der Waals surface area (Å²) in [5, 5.41) is 16.9. The normalized spacial score (nSPS) is 14.5. The summed E-state index contributed by atoms with van der Waals surface area (Å²) in [7, 11) is 1.38. The van der Waals surface area contributed by atoms with Gasteiger partial charge in [-0.25, -0.2) is 0 Å². The van der Waals surface area contributed by atoms with Gasteiger partial charge in [0, 0.05) is 38.2 Å². The number of piperidine rings is 1. The van der Waals surface area contributed by atoms with Gasteiger partial charge in [0.15, 0.2) is 0 Å². The van der Waals surface area contributed by atoms with Gasteiger partial charge in [-0.05, 0) is 37.8 Å². The van der Waals surface area contributed by atoms with E-state index in [1.165, 1.54) is 25.7 Å². The Hall–Kier alpha value is -3.46. The first-order valence-corrected chi connectivity index (χ1v) is 11.1. The molecular weight excluding hydrogens is 424 g/mol. The maximum Gasteiger partial charge on any atom is 0.293 e. The maximum absolute atomic E-state index is 12.9. The monoisotopic (exact) mass is 454 g/mol. The van der Waals surface area contributed by atoms with Gasteiger partial charge in [-0.2, -0.15) is 0 Å². The zero-order chi connectivity index (χ0) is 23.8. The van der Waals surface area contributed by atoms with Crippen LogP contribution in [0.15, 0.2) is 42.5 Å². The zero-order valence-electron chi connectivity index (χ0n) is 19.0. The van der Waals surface area contributed by atoms with Crippen molar-refractivity contribution in [2.45, 2.75) is 38.6 Å². The Kier molecular flexibility index (Phi) is 8.37. The van der Waals surface area contributed by atoms with E-state index in [1.54, 1.807) is 0 Å². The molecule has 0 spiro atoms. The molecule has 2 aromatic carbocycles. The number of methoxy groups -OCH3 is 1. The van der Waals surface area contributed by atoms with Crippen molar-refractivity contribution in [2.75, 3.05) is 32.1 Å². The highest BCUT2D eigenvalue weighted by Crippen LogP contribution is 2.33. The first-order valence-electron chi connectivity index (χ1n) is 11.1. The topological polar surface area (TPSA) is 114 Å². The minimum Gasteiger partial charge on any atom is -0.496 e. The van der Waals surface area contributed by atoms with E-state index in [0.717, 1.165) is 51.4 Å². The highest BCUT2D eigenvalue weighted by molar-refractivity contribution is 6.00. The van der Waals surface area contributed by atoms with Crippen molar-refractivity contribution in [3.05, 3.63) is 63.7 Å². The van der Waals surface area contributed by atoms with Crippen molar-refractivity contribution in [1.82, 2.24) is 10.2 Å². The Labute approximate surface area is 193 Å². The first kappa shape index (κ1) is 24.2. The standard InChI is InChI=1S/C24H30N4O5/c1-17(29)25-21-16-23(33-2)20(15-22(21)28(31)32)24(30)26-19-10-13-27(14-11-19)12-6-9-18-7-4-3-5-8-18/h3-5,7-8,15-16,19H,6,9-14H2,1-2H3,(H,25,29)(H,26,30). The van der Waals surface area contributed by atoms with E-state index in [4.69, 9.17) is 4.74 Å². The average molecular weight is 455 g/mol. The molecule has 0 aliphatic carbocycles. The number of aryl methyl sites for hydroxylation is 1. The SMILES string of the molecule is COc1cc(NC(C)=O)c([N+](=O)[O-])cc1C(=O)NC1CCN(CCCc2ccccc2)CC1. The molecular formula is C24H30N4O5. The summed E-state index contributed by atoms with van der Waals surface area (Å²) >= 11 is 0. The maximum atomic E-state index is 12.9. The Morgan fingerprint density at radius 1 is 1.18 bits per heavy atom. The molecule has 2 amide bonds. The number of amides is 2. The number of carbonyl (C=O) groups is 2. The van der Waals surface area contributed by atoms with E-state index >= 15 is 0 Å². The van der Waals surface area contributed by atoms with Gasteiger partial charge in [0.1, 0.15) is 11.4 Å². The number of benzene rings is 2. The molecule has 0 bridgehead atoms. The third kappa shape index (κ3) is 6.76. The van der Waals surface area contributed by atoms with E-state index < -0.39 is 16.7 Å². The van der Waals surface area contributed by atoms with Crippen LogP contribution in [0.3, 0.4) is 0 Å². The quantitative estimate of drug-likeness (QED) is 0.444. The van der Waals surface area contributed by atoms with Gasteiger partial charge in [0.25, 0.3) is 11.6 Å². The van der Waals surface area contributed by atoms with E-state index in [2.05, 4.69) is 39.8 Å². The van der Waals surface area contributed by atoms with Gasteiger partial charge in [0.05, 0.1) is 17.6 Å². The van der Waals surface area contributed by atoms with Gasteiger partial charge < -0.3 is 20.3 Å². The van der Waals surface area contributed by atoms with Crippen molar-refractivity contribution in [3.8, 4) is 5.75 Å². The molecule has 33 heavy (non-hydrogen) atoms. The number of nitro groups is 1. The number of nitro benzene ring substituents is 1. The fourth-order valence-corrected chi connectivity index (χ4v) is 4.07. The second kappa shape index (κ2) is 11.4. The second-order valence-corrected chi connectivity index (χ2v) is 8.19. The van der Waals surface area contributed by atoms with Gasteiger partial charge in [-0.1, -0.05) is 30.3 Å². The number of rotatable bonds is 9. The Morgan fingerprint density at radius 2 is 1.88 bits per heavy atom. The molecule has 0 unspecified atom stereocenters. The summed E-state index contributed by atoms with van der Waals surface area (Å²) in [4.78, 5) is 37.5. The summed E-state index contributed by atoms with van der Waals surface area (Å²) in [5.41, 5.74) is 1.05. The van der Waals surface area contributed by atoms with Crippen LogP contribution >= 0.6 is 0 Å². The lowest BCUT2D eigenvalue weighted by atomic mass is 10.0. The molecule has 9 heteroatoms. The van der Waals surface area contributed by atoms with Gasteiger partial charge in [-0.15, -0.1) is 0 Å². The molecule has 0 aromatic heterocycles. The minimum absolute atomic E-state index is 0.00953. The Balaban J connectivity index is 1.56. The van der Waals surface area contributed by atoms with Crippen molar-refractivity contribution in [2.24, 2.45) is 0 Å². The van der Waals surface area contributed by atoms with Crippen LogP contribution in [0.1, 0.15) is 42.1 Å². The van der Waals surface area contributed by atoms with Crippen LogP contribution < -0.4 is 15.4 Å². The minimum atomic E-state index is -0.630. The average Bonchev–Trinajstić information content (AvgIpc) is 2.80. The van der Waals surface area contributed by atoms with Gasteiger partial charge in [-0.3, -0.25) is 19.7 Å². The van der Waals surface area contributed by atoms with Crippen molar-refractivity contribution in [1.29, 1.82) is 0 Å². The van der Waals surface area contributed by atoms with Crippen LogP contribution in [-0.2, 0) is 11.2 Å². The number of likely N-dealkylation sites (tertiary alicyclic amines) is 1. The molecule has 1 aliphatic rings. The Bertz CT molecular complexity index is 988. The summed E-state index contributed by atoms with van der Waals surface area (Å²) < 4.78 is 5.27. The molecule has 3 rings (SSSR count). The molecule has 1 saturated heterocycles. The highest BCUT2D eigenvalue weighted by Gasteiger charge is 2.26. The zero-order valence-corrected chi connectivity index (χ0v) is 19.0. The van der Waals surface area contributed by atoms with E-state index in [9.17, 15) is 19.7 Å². The summed E-state index contributed by atoms with van der Waals surface area (Å²) in [6.07, 6.45) is 3.75. The lowest BCUT2D eigenvalue weighted by Gasteiger charge is -2.32. The summed E-state index contributed by atoms with van der Waals surface area (Å²) in [6, 6.07) is 12.9. The predicted molar refractivity (Wildman–Crippen MR) is 126 cm³/mol. The van der Waals surface area contributed by atoms with Crippen LogP contribution in [0.4, 0.5) is 11.4 Å². The number of hydrogen-bond donors (Lipinski definition) is 2. The fourth-order valence-electron chi connectivity index (χ4n) is 4.07. The molecule has 9 nitrogen and oxygen atoms in total. The summed E-state index contributed by atoms with van der Waals surface area (Å²) in [6.45, 7) is 4.04. The molecule has 2 aromatic rings. The Morgan fingerprint density at radius 3 is 2.48 bits per heavy atom. The third-order valence-corrected chi connectivity index (χ3v) is 5.78. The molecule has 1 heterocycles. The molecule has 0 radical (unpaired) electrons. The largest absolute Gasteiger partial charge is 0.496 e. The number of anilines is 1. The number of ether oxygens (including phenoxy) is 1. The third-order valence-electron chi connectivity index (χ3n) is 5.78. The van der Waals surface area contributed by atoms with Crippen LogP contribution in [-0.4, -0.2) is 54.4 Å². The molecule has 1 fully saturated rings. The fraction of sp³-hybridized carbons (Fsp3) is 0.417. The van der Waals surface area contributed by atoms with Gasteiger partial charge in [0.2, 0.25) is 5.91 Å². The second-order valence-electron chi connectivity index (χ2n) is 8.19. The number of nitrogens with one attached hydrogen (secondary N) is 2. The van der Waals surface area contributed by atoms with Crippen molar-refractivity contribution < 1.29 is 19.2 Å². The van der Waals surface area contributed by atoms with E-state index in [-0.39, 0.29) is 28.7 Å². The van der Waals surface area contributed by atoms with Crippen molar-refractivity contribution >= 4 is 23.2 Å². The van der Waals surface area contributed by atoms with Crippen LogP contribution in [0.25, 0.3) is 0 Å². The molecule has 1 aliphatic heterocycles. The predicted octanol–water partition coefficient (Wildman–Crippen LogP) is 3.39. The van der Waals surface area contributed by atoms with Gasteiger partial charge >= 0.3 is 0 Å². The van der Waals surface area contributed by atoms with E-state index in [0.29, 0.717) is 0 Å². The lowest BCUT2D eigenvalue weighted by molar-refractivity contribution is -0.384. The number of hydrogen-bond acceptors (Lipinski definition) is 6. The van der Waals surface area contributed by atoms with Crippen LogP contribution in [0.5, 0.6) is 5.75 Å². The lowest BCUT2D eigenvalue weighted by Crippen LogP contribution is -2.45. The highest BCUT2D eigenvalue weighted by atomic mass is 16.6. The molecule has 176 valence electrons. The van der Waals surface area contributed by atoms with Crippen molar-refractivity contribution in [3.63, 3.8) is 0 Å². The van der Waals surface area contributed by atoms with Crippen LogP contribution in [0.2, 0.25) is 0 Å². The summed E-state index contributed by atoms with van der Waals surface area (Å²) in [5.74, 6) is -0.708. The van der Waals surface area contributed by atoms with E-state index in [1.807, 2.05) is 6.07 Å². The number of carbonyl (C=O) groups excluding carboxylic acids is 2. The molecule has 0 atom stereocenters. The number of nitrogens with zero attached hydrogens (tertiary/aromatic N) is 2. The molecule has 2 N–H and O–H groups in total. The molecule has 0 saturated carbocycles. The smallest absolute Gasteiger partial charge is 0.293 e. The first-order chi connectivity index (χ1) is 15.9. The van der Waals surface area contributed by atoms with Crippen LogP contribution in [0, 0.1) is 10.1 Å².